The first-order chi connectivity index (χ1) is 14.2. The molecule has 0 bridgehead atoms. The summed E-state index contributed by atoms with van der Waals surface area (Å²) < 4.78 is 40.2. The highest BCUT2D eigenvalue weighted by Crippen LogP contribution is 2.40. The lowest BCUT2D eigenvalue weighted by Crippen LogP contribution is -2.53. The molecule has 0 spiro atoms. The Bertz CT molecular complexity index is 1030. The molecule has 1 aliphatic carbocycles. The van der Waals surface area contributed by atoms with E-state index in [4.69, 9.17) is 0 Å². The van der Waals surface area contributed by atoms with Crippen molar-refractivity contribution in [2.45, 2.75) is 51.7 Å². The van der Waals surface area contributed by atoms with Gasteiger partial charge in [-0.2, -0.15) is 13.2 Å². The maximum absolute atomic E-state index is 13.4. The molecule has 0 radical (unpaired) electrons. The van der Waals surface area contributed by atoms with Crippen LogP contribution in [0.4, 0.5) is 24.5 Å². The van der Waals surface area contributed by atoms with Gasteiger partial charge in [-0.05, 0) is 49.9 Å². The predicted molar refractivity (Wildman–Crippen MR) is 109 cm³/mol. The van der Waals surface area contributed by atoms with Gasteiger partial charge in [-0.1, -0.05) is 19.8 Å². The maximum Gasteiger partial charge on any atom is 0.416 e. The lowest BCUT2D eigenvalue weighted by atomic mass is 9.84. The number of nitrogens with one attached hydrogen (secondary N) is 1. The van der Waals surface area contributed by atoms with Crippen LogP contribution in [0, 0.1) is 12.8 Å². The van der Waals surface area contributed by atoms with Crippen LogP contribution in [0.5, 0.6) is 0 Å². The van der Waals surface area contributed by atoms with Gasteiger partial charge in [0.25, 0.3) is 5.91 Å². The Morgan fingerprint density at radius 2 is 1.77 bits per heavy atom. The number of hydrogen-bond acceptors (Lipinski definition) is 3. The smallest absolute Gasteiger partial charge is 0.349 e. The summed E-state index contributed by atoms with van der Waals surface area (Å²) in [4.78, 5) is 31.1. The third-order valence-electron chi connectivity index (χ3n) is 6.25. The number of aryl methyl sites for hydroxylation is 1. The average Bonchev–Trinajstić information content (AvgIpc) is 2.69. The molecule has 5 nitrogen and oxygen atoms in total. The van der Waals surface area contributed by atoms with Crippen LogP contribution in [-0.4, -0.2) is 23.6 Å². The standard InChI is InChI=1S/C22H24F3N3O2/c1-13-5-3-4-6-17(13)27-12-28(18-9-10-20(29)26-14(18)2)21(30)16-8-7-15(11-19(16)27)22(23,24)25/h7-11,13,17H,3-6,12H2,1-2H3,(H,26,29)/t13-,17+/m1/s1. The average molecular weight is 419 g/mol. The Labute approximate surface area is 172 Å². The van der Waals surface area contributed by atoms with Crippen molar-refractivity contribution in [3.8, 4) is 0 Å². The van der Waals surface area contributed by atoms with Crippen molar-refractivity contribution in [1.82, 2.24) is 4.98 Å². The van der Waals surface area contributed by atoms with E-state index in [1.54, 1.807) is 17.9 Å². The van der Waals surface area contributed by atoms with E-state index in [0.29, 0.717) is 23.0 Å². The van der Waals surface area contributed by atoms with Crippen LogP contribution < -0.4 is 15.4 Å². The monoisotopic (exact) mass is 419 g/mol. The summed E-state index contributed by atoms with van der Waals surface area (Å²) >= 11 is 0. The van der Waals surface area contributed by atoms with Crippen molar-refractivity contribution in [2.75, 3.05) is 16.5 Å². The molecule has 1 N–H and O–H groups in total. The molecule has 0 unspecified atom stereocenters. The minimum absolute atomic E-state index is 0.0413. The number of aromatic amines is 1. The number of hydrogen-bond donors (Lipinski definition) is 1. The van der Waals surface area contributed by atoms with Crippen molar-refractivity contribution in [3.63, 3.8) is 0 Å². The van der Waals surface area contributed by atoms with E-state index in [1.165, 1.54) is 12.1 Å². The Hall–Kier alpha value is -2.77. The van der Waals surface area contributed by atoms with Gasteiger partial charge in [0.15, 0.2) is 0 Å². The maximum atomic E-state index is 13.4. The zero-order valence-corrected chi connectivity index (χ0v) is 16.9. The molecule has 1 amide bonds. The summed E-state index contributed by atoms with van der Waals surface area (Å²) in [5.41, 5.74) is 0.663. The molecular formula is C22H24F3N3O2. The molecular weight excluding hydrogens is 395 g/mol. The first kappa shape index (κ1) is 20.5. The summed E-state index contributed by atoms with van der Waals surface area (Å²) in [5, 5.41) is 0. The SMILES string of the molecule is Cc1[nH]c(=O)ccc1N1CN([C@H]2CCCC[C@H]2C)c2cc(C(F)(F)F)ccc2C1=O. The zero-order valence-electron chi connectivity index (χ0n) is 16.9. The molecule has 30 heavy (non-hydrogen) atoms. The van der Waals surface area contributed by atoms with E-state index in [2.05, 4.69) is 11.9 Å². The molecule has 8 heteroatoms. The molecule has 1 aromatic heterocycles. The van der Waals surface area contributed by atoms with Gasteiger partial charge in [0.05, 0.1) is 29.2 Å². The molecule has 1 fully saturated rings. The Morgan fingerprint density at radius 1 is 1.03 bits per heavy atom. The van der Waals surface area contributed by atoms with Crippen LogP contribution in [0.15, 0.2) is 35.1 Å². The fraction of sp³-hybridized carbons (Fsp3) is 0.455. The minimum Gasteiger partial charge on any atom is -0.349 e. The molecule has 160 valence electrons. The summed E-state index contributed by atoms with van der Waals surface area (Å²) in [7, 11) is 0. The number of carbonyl (C=O) groups excluding carboxylic acids is 1. The highest BCUT2D eigenvalue weighted by atomic mass is 19.4. The molecule has 1 saturated carbocycles. The number of benzene rings is 1. The number of carbonyl (C=O) groups is 1. The van der Waals surface area contributed by atoms with Gasteiger partial charge in [-0.3, -0.25) is 14.5 Å². The number of nitrogens with zero attached hydrogens (tertiary/aromatic N) is 2. The summed E-state index contributed by atoms with van der Waals surface area (Å²) in [6.07, 6.45) is -0.507. The molecule has 4 rings (SSSR count). The number of H-pyrrole nitrogens is 1. The Kier molecular flexibility index (Phi) is 5.11. The second kappa shape index (κ2) is 7.49. The van der Waals surface area contributed by atoms with E-state index in [-0.39, 0.29) is 29.7 Å². The minimum atomic E-state index is -4.48. The second-order valence-corrected chi connectivity index (χ2v) is 8.24. The molecule has 2 atom stereocenters. The van der Waals surface area contributed by atoms with Gasteiger partial charge >= 0.3 is 6.18 Å². The summed E-state index contributed by atoms with van der Waals surface area (Å²) in [6, 6.07) is 6.32. The van der Waals surface area contributed by atoms with Gasteiger partial charge in [0.1, 0.15) is 0 Å². The lowest BCUT2D eigenvalue weighted by Gasteiger charge is -2.46. The van der Waals surface area contributed by atoms with Gasteiger partial charge in [0.2, 0.25) is 5.56 Å². The van der Waals surface area contributed by atoms with E-state index < -0.39 is 11.7 Å². The van der Waals surface area contributed by atoms with Crippen molar-refractivity contribution >= 4 is 17.3 Å². The molecule has 1 aliphatic heterocycles. The molecule has 2 heterocycles. The number of halogens is 3. The first-order valence-electron chi connectivity index (χ1n) is 10.2. The van der Waals surface area contributed by atoms with Crippen molar-refractivity contribution < 1.29 is 18.0 Å². The van der Waals surface area contributed by atoms with Crippen LogP contribution in [0.1, 0.15) is 54.2 Å². The normalized spacial score (nSPS) is 22.2. The van der Waals surface area contributed by atoms with Crippen molar-refractivity contribution in [1.29, 1.82) is 0 Å². The highest BCUT2D eigenvalue weighted by molar-refractivity contribution is 6.12. The molecule has 2 aliphatic rings. The Morgan fingerprint density at radius 3 is 2.43 bits per heavy atom. The van der Waals surface area contributed by atoms with Crippen molar-refractivity contribution in [2.24, 2.45) is 5.92 Å². The third kappa shape index (κ3) is 3.59. The molecule has 2 aromatic rings. The predicted octanol–water partition coefficient (Wildman–Crippen LogP) is 4.71. The van der Waals surface area contributed by atoms with Crippen LogP contribution in [0.3, 0.4) is 0 Å². The van der Waals surface area contributed by atoms with Gasteiger partial charge < -0.3 is 9.88 Å². The fourth-order valence-corrected chi connectivity index (χ4v) is 4.66. The number of aromatic nitrogens is 1. The molecule has 0 saturated heterocycles. The van der Waals surface area contributed by atoms with Crippen LogP contribution in [0.25, 0.3) is 0 Å². The third-order valence-corrected chi connectivity index (χ3v) is 6.25. The number of alkyl halides is 3. The summed E-state index contributed by atoms with van der Waals surface area (Å²) in [6.45, 7) is 3.97. The van der Waals surface area contributed by atoms with Crippen LogP contribution in [0.2, 0.25) is 0 Å². The van der Waals surface area contributed by atoms with Gasteiger partial charge in [-0.25, -0.2) is 0 Å². The number of pyridine rings is 1. The number of anilines is 2. The van der Waals surface area contributed by atoms with Crippen molar-refractivity contribution in [3.05, 3.63) is 57.5 Å². The first-order valence-corrected chi connectivity index (χ1v) is 10.2. The van der Waals surface area contributed by atoms with Gasteiger partial charge in [-0.15, -0.1) is 0 Å². The van der Waals surface area contributed by atoms with Crippen LogP contribution in [-0.2, 0) is 6.18 Å². The molecule has 1 aromatic carbocycles. The van der Waals surface area contributed by atoms with E-state index in [0.717, 1.165) is 37.8 Å². The van der Waals surface area contributed by atoms with Gasteiger partial charge in [0, 0.05) is 17.8 Å². The van der Waals surface area contributed by atoms with E-state index in [9.17, 15) is 22.8 Å². The fourth-order valence-electron chi connectivity index (χ4n) is 4.66. The van der Waals surface area contributed by atoms with Crippen LogP contribution >= 0.6 is 0 Å². The van der Waals surface area contributed by atoms with E-state index in [1.807, 2.05) is 4.90 Å². The Balaban J connectivity index is 1.84. The topological polar surface area (TPSA) is 56.4 Å². The number of amides is 1. The lowest BCUT2D eigenvalue weighted by molar-refractivity contribution is -0.137. The summed E-state index contributed by atoms with van der Waals surface area (Å²) in [5.74, 6) is -0.0681. The number of fused-ring (bicyclic) bond motifs is 1. The van der Waals surface area contributed by atoms with E-state index >= 15 is 0 Å². The quantitative estimate of drug-likeness (QED) is 0.767. The number of rotatable bonds is 2. The zero-order chi connectivity index (χ0) is 21.6. The second-order valence-electron chi connectivity index (χ2n) is 8.24. The largest absolute Gasteiger partial charge is 0.416 e. The highest BCUT2D eigenvalue weighted by Gasteiger charge is 2.39.